The van der Waals surface area contributed by atoms with Crippen LogP contribution in [0.1, 0.15) is 34.4 Å². The SMILES string of the molecule is CCCn1cc(C(=O)c2csc(CCN)n2)cn1. The summed E-state index contributed by atoms with van der Waals surface area (Å²) in [5.41, 5.74) is 6.54. The van der Waals surface area contributed by atoms with Crippen LogP contribution in [0.3, 0.4) is 0 Å². The lowest BCUT2D eigenvalue weighted by molar-refractivity contribution is 0.103. The van der Waals surface area contributed by atoms with Gasteiger partial charge in [0, 0.05) is 24.5 Å². The molecule has 96 valence electrons. The summed E-state index contributed by atoms with van der Waals surface area (Å²) in [6.45, 7) is 3.45. The van der Waals surface area contributed by atoms with Crippen LogP contribution in [0, 0.1) is 0 Å². The number of nitrogens with two attached hydrogens (primary N) is 1. The maximum atomic E-state index is 12.1. The molecule has 0 aliphatic rings. The zero-order valence-electron chi connectivity index (χ0n) is 10.3. The Morgan fingerprint density at radius 1 is 1.56 bits per heavy atom. The van der Waals surface area contributed by atoms with Crippen LogP contribution in [0.25, 0.3) is 0 Å². The topological polar surface area (TPSA) is 73.8 Å². The number of carbonyl (C=O) groups excluding carboxylic acids is 1. The summed E-state index contributed by atoms with van der Waals surface area (Å²) in [6.07, 6.45) is 5.08. The minimum Gasteiger partial charge on any atom is -0.330 e. The minimum absolute atomic E-state index is 0.0723. The van der Waals surface area contributed by atoms with E-state index in [4.69, 9.17) is 5.73 Å². The Hall–Kier alpha value is -1.53. The van der Waals surface area contributed by atoms with Gasteiger partial charge >= 0.3 is 0 Å². The molecule has 6 heteroatoms. The van der Waals surface area contributed by atoms with Gasteiger partial charge in [0.25, 0.3) is 0 Å². The Kier molecular flexibility index (Phi) is 4.22. The molecule has 5 nitrogen and oxygen atoms in total. The third-order valence-electron chi connectivity index (χ3n) is 2.49. The number of hydrogen-bond acceptors (Lipinski definition) is 5. The third-order valence-corrected chi connectivity index (χ3v) is 3.40. The summed E-state index contributed by atoms with van der Waals surface area (Å²) >= 11 is 1.48. The molecule has 18 heavy (non-hydrogen) atoms. The van der Waals surface area contributed by atoms with Gasteiger partial charge in [-0.25, -0.2) is 4.98 Å². The maximum absolute atomic E-state index is 12.1. The second kappa shape index (κ2) is 5.88. The first-order chi connectivity index (χ1) is 8.74. The number of hydrogen-bond donors (Lipinski definition) is 1. The van der Waals surface area contributed by atoms with Crippen molar-refractivity contribution in [2.75, 3.05) is 6.54 Å². The predicted octanol–water partition coefficient (Wildman–Crippen LogP) is 1.48. The molecule has 0 radical (unpaired) electrons. The quantitative estimate of drug-likeness (QED) is 0.802. The molecule has 0 unspecified atom stereocenters. The van der Waals surface area contributed by atoms with E-state index < -0.39 is 0 Å². The molecule has 2 heterocycles. The van der Waals surface area contributed by atoms with Crippen molar-refractivity contribution in [2.45, 2.75) is 26.3 Å². The van der Waals surface area contributed by atoms with Gasteiger partial charge < -0.3 is 5.73 Å². The van der Waals surface area contributed by atoms with Crippen LogP contribution >= 0.6 is 11.3 Å². The summed E-state index contributed by atoms with van der Waals surface area (Å²) in [4.78, 5) is 16.4. The normalized spacial score (nSPS) is 10.8. The average molecular weight is 264 g/mol. The van der Waals surface area contributed by atoms with Gasteiger partial charge in [0.15, 0.2) is 0 Å². The van der Waals surface area contributed by atoms with Crippen LogP contribution in [0.15, 0.2) is 17.8 Å². The highest BCUT2D eigenvalue weighted by molar-refractivity contribution is 7.09. The third kappa shape index (κ3) is 2.83. The molecule has 0 amide bonds. The van der Waals surface area contributed by atoms with Crippen molar-refractivity contribution in [3.05, 3.63) is 34.0 Å². The monoisotopic (exact) mass is 264 g/mol. The number of ketones is 1. The molecule has 2 aromatic heterocycles. The number of carbonyl (C=O) groups is 1. The van der Waals surface area contributed by atoms with Crippen LogP contribution in [0.2, 0.25) is 0 Å². The first kappa shape index (κ1) is 12.9. The van der Waals surface area contributed by atoms with Crippen molar-refractivity contribution in [3.8, 4) is 0 Å². The fraction of sp³-hybridized carbons (Fsp3) is 0.417. The zero-order chi connectivity index (χ0) is 13.0. The number of rotatable bonds is 6. The lowest BCUT2D eigenvalue weighted by atomic mass is 10.2. The Balaban J connectivity index is 2.13. The lowest BCUT2D eigenvalue weighted by Gasteiger charge is -1.95. The van der Waals surface area contributed by atoms with Crippen molar-refractivity contribution < 1.29 is 4.79 Å². The number of thiazole rings is 1. The first-order valence-electron chi connectivity index (χ1n) is 5.96. The molecular formula is C12H16N4OS. The summed E-state index contributed by atoms with van der Waals surface area (Å²) in [7, 11) is 0. The van der Waals surface area contributed by atoms with Gasteiger partial charge in [0.1, 0.15) is 5.69 Å². The Labute approximate surface area is 110 Å². The van der Waals surface area contributed by atoms with Crippen molar-refractivity contribution in [2.24, 2.45) is 5.73 Å². The van der Waals surface area contributed by atoms with E-state index in [1.807, 2.05) is 0 Å². The smallest absolute Gasteiger partial charge is 0.215 e. The molecule has 0 saturated carbocycles. The van der Waals surface area contributed by atoms with Gasteiger partial charge in [-0.2, -0.15) is 5.10 Å². The van der Waals surface area contributed by atoms with E-state index in [0.717, 1.165) is 18.0 Å². The number of aromatic nitrogens is 3. The average Bonchev–Trinajstić information content (AvgIpc) is 2.98. The van der Waals surface area contributed by atoms with Crippen molar-refractivity contribution in [3.63, 3.8) is 0 Å². The van der Waals surface area contributed by atoms with Gasteiger partial charge in [-0.3, -0.25) is 9.48 Å². The Morgan fingerprint density at radius 3 is 3.11 bits per heavy atom. The van der Waals surface area contributed by atoms with Crippen LogP contribution in [-0.4, -0.2) is 27.1 Å². The second-order valence-electron chi connectivity index (χ2n) is 3.99. The minimum atomic E-state index is -0.0723. The molecule has 2 rings (SSSR count). The molecule has 0 aliphatic carbocycles. The van der Waals surface area contributed by atoms with Gasteiger partial charge in [-0.05, 0) is 13.0 Å². The van der Waals surface area contributed by atoms with E-state index in [1.54, 1.807) is 22.5 Å². The lowest BCUT2D eigenvalue weighted by Crippen LogP contribution is -2.04. The summed E-state index contributed by atoms with van der Waals surface area (Å²) in [6, 6.07) is 0. The van der Waals surface area contributed by atoms with Crippen LogP contribution < -0.4 is 5.73 Å². The molecule has 0 aromatic carbocycles. The zero-order valence-corrected chi connectivity index (χ0v) is 11.1. The second-order valence-corrected chi connectivity index (χ2v) is 4.93. The van der Waals surface area contributed by atoms with E-state index in [9.17, 15) is 4.79 Å². The van der Waals surface area contributed by atoms with Crippen LogP contribution in [0.5, 0.6) is 0 Å². The van der Waals surface area contributed by atoms with Crippen LogP contribution in [-0.2, 0) is 13.0 Å². The van der Waals surface area contributed by atoms with E-state index in [2.05, 4.69) is 17.0 Å². The molecule has 0 fully saturated rings. The molecule has 0 atom stereocenters. The van der Waals surface area contributed by atoms with Crippen LogP contribution in [0.4, 0.5) is 0 Å². The molecule has 0 saturated heterocycles. The maximum Gasteiger partial charge on any atom is 0.215 e. The fourth-order valence-corrected chi connectivity index (χ4v) is 2.43. The van der Waals surface area contributed by atoms with E-state index in [1.165, 1.54) is 11.3 Å². The predicted molar refractivity (Wildman–Crippen MR) is 70.8 cm³/mol. The molecule has 0 spiro atoms. The summed E-state index contributed by atoms with van der Waals surface area (Å²) in [5, 5.41) is 6.83. The first-order valence-corrected chi connectivity index (χ1v) is 6.84. The standard InChI is InChI=1S/C12H16N4OS/c1-2-5-16-7-9(6-14-16)12(17)10-8-18-11(15-10)3-4-13/h6-8H,2-5,13H2,1H3. The molecule has 2 N–H and O–H groups in total. The highest BCUT2D eigenvalue weighted by Crippen LogP contribution is 2.14. The number of aryl methyl sites for hydroxylation is 1. The summed E-state index contributed by atoms with van der Waals surface area (Å²) < 4.78 is 1.78. The molecule has 0 bridgehead atoms. The Morgan fingerprint density at radius 2 is 2.39 bits per heavy atom. The van der Waals surface area contributed by atoms with Gasteiger partial charge in [-0.15, -0.1) is 11.3 Å². The molecule has 2 aromatic rings. The van der Waals surface area contributed by atoms with Crippen molar-refractivity contribution in [1.82, 2.24) is 14.8 Å². The van der Waals surface area contributed by atoms with Gasteiger partial charge in [0.05, 0.1) is 16.8 Å². The largest absolute Gasteiger partial charge is 0.330 e. The Bertz CT molecular complexity index is 485. The fourth-order valence-electron chi connectivity index (χ4n) is 1.63. The summed E-state index contributed by atoms with van der Waals surface area (Å²) in [5.74, 6) is -0.0723. The highest BCUT2D eigenvalue weighted by atomic mass is 32.1. The molecule has 0 aliphatic heterocycles. The van der Waals surface area contributed by atoms with Gasteiger partial charge in [-0.1, -0.05) is 6.92 Å². The van der Waals surface area contributed by atoms with E-state index >= 15 is 0 Å². The number of nitrogens with zero attached hydrogens (tertiary/aromatic N) is 3. The van der Waals surface area contributed by atoms with Crippen molar-refractivity contribution in [1.29, 1.82) is 0 Å². The van der Waals surface area contributed by atoms with E-state index in [0.29, 0.717) is 24.2 Å². The van der Waals surface area contributed by atoms with Crippen molar-refractivity contribution >= 4 is 17.1 Å². The highest BCUT2D eigenvalue weighted by Gasteiger charge is 2.14. The molecular weight excluding hydrogens is 248 g/mol. The van der Waals surface area contributed by atoms with Gasteiger partial charge in [0.2, 0.25) is 5.78 Å². The van der Waals surface area contributed by atoms with E-state index in [-0.39, 0.29) is 5.78 Å².